The van der Waals surface area contributed by atoms with E-state index in [1.165, 1.54) is 6.08 Å². The zero-order valence-corrected chi connectivity index (χ0v) is 37.0. The minimum atomic E-state index is -2.74. The van der Waals surface area contributed by atoms with E-state index < -0.39 is 65.4 Å². The van der Waals surface area contributed by atoms with Crippen LogP contribution < -0.4 is 0 Å². The molecule has 17 heteroatoms. The lowest BCUT2D eigenvalue weighted by Crippen LogP contribution is -2.62. The molecule has 0 N–H and O–H groups in total. The zero-order valence-electron chi connectivity index (χ0n) is 30.0. The Hall–Kier alpha value is 0.408. The van der Waals surface area contributed by atoms with Crippen molar-refractivity contribution in [1.82, 2.24) is 0 Å². The molecular weight excluding hydrogens is 669 g/mol. The summed E-state index contributed by atoms with van der Waals surface area (Å²) in [4.78, 5) is 11.5. The summed E-state index contributed by atoms with van der Waals surface area (Å²) >= 11 is 0. The summed E-state index contributed by atoms with van der Waals surface area (Å²) in [5.41, 5.74) is 0. The van der Waals surface area contributed by atoms with Crippen LogP contribution in [0.3, 0.4) is 0 Å². The molecule has 0 saturated carbocycles. The lowest BCUT2D eigenvalue weighted by atomic mass is 10.5. The average molecular weight is 733 g/mol. The summed E-state index contributed by atoms with van der Waals surface area (Å²) < 4.78 is 56.9. The summed E-state index contributed by atoms with van der Waals surface area (Å²) in [5, 5.41) is 0. The predicted octanol–water partition coefficient (Wildman–Crippen LogP) is 7.18. The standard InChI is InChI=1S/C26H64O10Si7/c1-17-26(27)30-21-19-25-42(15,32-38(6,7)8)35-40(11,12)33-41(13,14)36-43(16,24-18-20-29-23-22-28-2)34-39(9,10)31-37(3,4)5/h17H,1,18-25H2,2-16H3. The van der Waals surface area contributed by atoms with Crippen LogP contribution in [0.5, 0.6) is 0 Å². The maximum atomic E-state index is 11.5. The molecule has 0 saturated heterocycles. The summed E-state index contributed by atoms with van der Waals surface area (Å²) in [6, 6.07) is 1.46. The predicted molar refractivity (Wildman–Crippen MR) is 192 cm³/mol. The van der Waals surface area contributed by atoms with Crippen LogP contribution in [0.4, 0.5) is 0 Å². The number of hydrogen-bond donors (Lipinski definition) is 0. The van der Waals surface area contributed by atoms with Gasteiger partial charge in [-0.15, -0.1) is 0 Å². The van der Waals surface area contributed by atoms with E-state index in [1.807, 2.05) is 0 Å². The van der Waals surface area contributed by atoms with Gasteiger partial charge in [-0.2, -0.15) is 0 Å². The van der Waals surface area contributed by atoms with Crippen LogP contribution in [0.1, 0.15) is 12.8 Å². The molecule has 0 radical (unpaired) electrons. The first-order valence-corrected chi connectivity index (χ1v) is 35.6. The zero-order chi connectivity index (χ0) is 33.8. The Balaban J connectivity index is 5.81. The Morgan fingerprint density at radius 3 is 1.40 bits per heavy atom. The highest BCUT2D eigenvalue weighted by atomic mass is 28.5. The van der Waals surface area contributed by atoms with Crippen molar-refractivity contribution in [3.8, 4) is 0 Å². The molecule has 0 heterocycles. The van der Waals surface area contributed by atoms with E-state index in [2.05, 4.69) is 98.2 Å². The van der Waals surface area contributed by atoms with Gasteiger partial charge in [-0.3, -0.25) is 0 Å². The molecule has 0 aromatic rings. The van der Waals surface area contributed by atoms with E-state index in [4.69, 9.17) is 38.9 Å². The van der Waals surface area contributed by atoms with Gasteiger partial charge in [0.05, 0.1) is 19.8 Å². The number of esters is 1. The first-order chi connectivity index (χ1) is 19.3. The second-order valence-corrected chi connectivity index (χ2v) is 41.8. The van der Waals surface area contributed by atoms with E-state index in [9.17, 15) is 4.79 Å². The van der Waals surface area contributed by atoms with Gasteiger partial charge < -0.3 is 38.9 Å². The summed E-state index contributed by atoms with van der Waals surface area (Å²) in [5.74, 6) is -0.421. The maximum absolute atomic E-state index is 11.5. The molecule has 0 aromatic heterocycles. The van der Waals surface area contributed by atoms with Crippen LogP contribution in [0, 0.1) is 0 Å². The fourth-order valence-corrected chi connectivity index (χ4v) is 39.4. The smallest absolute Gasteiger partial charge is 0.330 e. The van der Waals surface area contributed by atoms with Gasteiger partial charge in [-0.1, -0.05) is 6.58 Å². The van der Waals surface area contributed by atoms with E-state index >= 15 is 0 Å². The van der Waals surface area contributed by atoms with Crippen molar-refractivity contribution in [2.75, 3.05) is 33.5 Å². The molecule has 10 nitrogen and oxygen atoms in total. The van der Waals surface area contributed by atoms with Crippen molar-refractivity contribution in [1.29, 1.82) is 0 Å². The Morgan fingerprint density at radius 1 is 0.558 bits per heavy atom. The molecule has 0 bridgehead atoms. The second kappa shape index (κ2) is 18.1. The SMILES string of the molecule is C=CC(=O)OCCC[Si](C)(O[Si](C)(C)C)O[Si](C)(C)O[Si](C)(C)O[Si](C)(CCCOCCOC)O[Si](C)(C)O[Si](C)(C)C. The molecule has 256 valence electrons. The molecule has 0 aromatic carbocycles. The molecule has 2 atom stereocenters. The number of rotatable bonds is 24. The first-order valence-electron chi connectivity index (χ1n) is 15.3. The first kappa shape index (κ1) is 43.4. The maximum Gasteiger partial charge on any atom is 0.330 e. The molecule has 0 rings (SSSR count). The molecule has 0 aliphatic heterocycles. The van der Waals surface area contributed by atoms with Crippen LogP contribution >= 0.6 is 0 Å². The van der Waals surface area contributed by atoms with E-state index in [0.29, 0.717) is 38.9 Å². The molecule has 2 unspecified atom stereocenters. The lowest BCUT2D eigenvalue weighted by Gasteiger charge is -2.45. The fraction of sp³-hybridized carbons (Fsp3) is 0.885. The van der Waals surface area contributed by atoms with Crippen LogP contribution in [0.15, 0.2) is 12.7 Å². The van der Waals surface area contributed by atoms with Crippen molar-refractivity contribution in [2.24, 2.45) is 0 Å². The van der Waals surface area contributed by atoms with Gasteiger partial charge >= 0.3 is 48.8 Å². The monoisotopic (exact) mass is 732 g/mol. The Bertz CT molecular complexity index is 849. The minimum Gasteiger partial charge on any atom is -0.463 e. The van der Waals surface area contributed by atoms with Gasteiger partial charge in [-0.05, 0) is 117 Å². The molecule has 0 spiro atoms. The van der Waals surface area contributed by atoms with E-state index in [1.54, 1.807) is 7.11 Å². The highest BCUT2D eigenvalue weighted by Crippen LogP contribution is 2.32. The molecule has 43 heavy (non-hydrogen) atoms. The van der Waals surface area contributed by atoms with Crippen molar-refractivity contribution < 1.29 is 43.7 Å². The normalized spacial score (nSPS) is 16.4. The second-order valence-electron chi connectivity index (χ2n) is 14.5. The van der Waals surface area contributed by atoms with Crippen molar-refractivity contribution in [2.45, 2.75) is 117 Å². The third kappa shape index (κ3) is 22.6. The molecule has 0 fully saturated rings. The number of carbonyl (C=O) groups excluding carboxylic acids is 1. The number of carbonyl (C=O) groups is 1. The number of methoxy groups -OCH3 is 1. The Labute approximate surface area is 271 Å². The largest absolute Gasteiger partial charge is 0.463 e. The van der Waals surface area contributed by atoms with Crippen LogP contribution in [0.25, 0.3) is 0 Å². The van der Waals surface area contributed by atoms with Crippen molar-refractivity contribution in [3.05, 3.63) is 12.7 Å². The lowest BCUT2D eigenvalue weighted by molar-refractivity contribution is -0.137. The van der Waals surface area contributed by atoms with Crippen LogP contribution in [-0.4, -0.2) is 98.9 Å². The number of ether oxygens (including phenoxy) is 3. The highest BCUT2D eigenvalue weighted by Gasteiger charge is 2.50. The van der Waals surface area contributed by atoms with Gasteiger partial charge in [0, 0.05) is 19.8 Å². The summed E-state index contributed by atoms with van der Waals surface area (Å²) in [6.07, 6.45) is 2.64. The van der Waals surface area contributed by atoms with E-state index in [0.717, 1.165) is 12.5 Å². The fourth-order valence-electron chi connectivity index (χ4n) is 5.21. The molecule has 0 aliphatic rings. The third-order valence-corrected chi connectivity index (χ3v) is 31.6. The van der Waals surface area contributed by atoms with Gasteiger partial charge in [0.25, 0.3) is 0 Å². The Kier molecular flexibility index (Phi) is 18.3. The van der Waals surface area contributed by atoms with Crippen molar-refractivity contribution >= 4 is 65.4 Å². The number of hydrogen-bond acceptors (Lipinski definition) is 10. The van der Waals surface area contributed by atoms with Gasteiger partial charge in [0.1, 0.15) is 0 Å². The van der Waals surface area contributed by atoms with E-state index in [-0.39, 0.29) is 0 Å². The third-order valence-electron chi connectivity index (χ3n) is 5.49. The molecule has 0 aliphatic carbocycles. The molecular formula is C26H64O10Si7. The molecule has 0 amide bonds. The average Bonchev–Trinajstić information content (AvgIpc) is 2.73. The van der Waals surface area contributed by atoms with Crippen molar-refractivity contribution in [3.63, 3.8) is 0 Å². The summed E-state index contributed by atoms with van der Waals surface area (Å²) in [6.45, 7) is 35.3. The highest BCUT2D eigenvalue weighted by molar-refractivity contribution is 6.92. The van der Waals surface area contributed by atoms with Gasteiger partial charge in [0.2, 0.25) is 0 Å². The van der Waals surface area contributed by atoms with Gasteiger partial charge in [-0.25, -0.2) is 4.79 Å². The summed E-state index contributed by atoms with van der Waals surface area (Å²) in [7, 11) is -15.4. The van der Waals surface area contributed by atoms with Crippen LogP contribution in [0.2, 0.25) is 104 Å². The minimum absolute atomic E-state index is 0.299. The van der Waals surface area contributed by atoms with Crippen LogP contribution in [-0.2, 0) is 43.7 Å². The Morgan fingerprint density at radius 2 is 0.977 bits per heavy atom. The topological polar surface area (TPSA) is 100 Å². The van der Waals surface area contributed by atoms with Gasteiger partial charge in [0.15, 0.2) is 16.6 Å². The quantitative estimate of drug-likeness (QED) is 0.0439.